The maximum atomic E-state index is 8.97. The second-order valence-corrected chi connectivity index (χ2v) is 6.10. The molecule has 1 aromatic carbocycles. The van der Waals surface area contributed by atoms with Crippen molar-refractivity contribution in [3.8, 4) is 6.07 Å². The van der Waals surface area contributed by atoms with Crippen LogP contribution in [-0.2, 0) is 0 Å². The van der Waals surface area contributed by atoms with Gasteiger partial charge in [-0.2, -0.15) is 5.26 Å². The van der Waals surface area contributed by atoms with E-state index in [2.05, 4.69) is 54.4 Å². The van der Waals surface area contributed by atoms with Gasteiger partial charge in [-0.05, 0) is 64.8 Å². The maximum absolute atomic E-state index is 8.97. The van der Waals surface area contributed by atoms with E-state index in [4.69, 9.17) is 5.26 Å². The smallest absolute Gasteiger partial charge is 0.0683 e. The van der Waals surface area contributed by atoms with Crippen molar-refractivity contribution in [3.05, 3.63) is 24.3 Å². The summed E-state index contributed by atoms with van der Waals surface area (Å²) in [6.07, 6.45) is 3.15. The topological polar surface area (TPSA) is 39.1 Å². The molecule has 0 bridgehead atoms. The summed E-state index contributed by atoms with van der Waals surface area (Å²) in [4.78, 5) is 2.34. The van der Waals surface area contributed by atoms with Gasteiger partial charge in [-0.15, -0.1) is 0 Å². The van der Waals surface area contributed by atoms with E-state index >= 15 is 0 Å². The molecule has 21 heavy (non-hydrogen) atoms. The summed E-state index contributed by atoms with van der Waals surface area (Å²) in [5.41, 5.74) is 2.26. The predicted molar refractivity (Wildman–Crippen MR) is 91.7 cm³/mol. The number of nitrogens with zero attached hydrogens (tertiary/aromatic N) is 2. The minimum atomic E-state index is -0.189. The normalized spacial score (nSPS) is 11.0. The molecule has 0 fully saturated rings. The molecule has 116 valence electrons. The van der Waals surface area contributed by atoms with E-state index in [0.29, 0.717) is 0 Å². The summed E-state index contributed by atoms with van der Waals surface area (Å²) < 4.78 is 0. The van der Waals surface area contributed by atoms with Crippen LogP contribution in [0.3, 0.4) is 0 Å². The molecular formula is C18H29N3. The third-order valence-electron chi connectivity index (χ3n) is 3.86. The van der Waals surface area contributed by atoms with Crippen LogP contribution in [0.1, 0.15) is 47.0 Å². The zero-order valence-electron chi connectivity index (χ0n) is 13.9. The van der Waals surface area contributed by atoms with Crippen LogP contribution in [0.4, 0.5) is 11.4 Å². The van der Waals surface area contributed by atoms with E-state index in [-0.39, 0.29) is 5.41 Å². The number of hydrogen-bond acceptors (Lipinski definition) is 3. The third-order valence-corrected chi connectivity index (χ3v) is 3.86. The Morgan fingerprint density at radius 2 is 1.71 bits per heavy atom. The van der Waals surface area contributed by atoms with Crippen LogP contribution in [0.25, 0.3) is 0 Å². The van der Waals surface area contributed by atoms with Crippen molar-refractivity contribution in [1.82, 2.24) is 0 Å². The first kappa shape index (κ1) is 17.4. The quantitative estimate of drug-likeness (QED) is 0.671. The largest absolute Gasteiger partial charge is 0.385 e. The fourth-order valence-electron chi connectivity index (χ4n) is 2.36. The number of nitriles is 1. The summed E-state index contributed by atoms with van der Waals surface area (Å²) in [6, 6.07) is 11.0. The van der Waals surface area contributed by atoms with Gasteiger partial charge in [0.15, 0.2) is 0 Å². The highest BCUT2D eigenvalue weighted by atomic mass is 15.1. The SMILES string of the molecule is CCN(CC)c1ccc(NCCCCC(C)(C)C#N)cc1. The Balaban J connectivity index is 2.32. The second-order valence-electron chi connectivity index (χ2n) is 6.10. The molecule has 0 spiro atoms. The first-order chi connectivity index (χ1) is 10.0. The van der Waals surface area contributed by atoms with Gasteiger partial charge in [0, 0.05) is 31.0 Å². The molecule has 1 rings (SSSR count). The molecule has 1 aromatic rings. The lowest BCUT2D eigenvalue weighted by Gasteiger charge is -2.21. The number of hydrogen-bond donors (Lipinski definition) is 1. The Morgan fingerprint density at radius 3 is 2.24 bits per heavy atom. The highest BCUT2D eigenvalue weighted by Crippen LogP contribution is 2.22. The van der Waals surface area contributed by atoms with Crippen LogP contribution in [0.2, 0.25) is 0 Å². The lowest BCUT2D eigenvalue weighted by molar-refractivity contribution is 0.430. The molecule has 0 amide bonds. The van der Waals surface area contributed by atoms with Gasteiger partial charge in [-0.25, -0.2) is 0 Å². The summed E-state index contributed by atoms with van der Waals surface area (Å²) in [7, 11) is 0. The van der Waals surface area contributed by atoms with E-state index in [1.807, 2.05) is 13.8 Å². The molecule has 3 nitrogen and oxygen atoms in total. The van der Waals surface area contributed by atoms with Gasteiger partial charge >= 0.3 is 0 Å². The Kier molecular flexibility index (Phi) is 7.08. The van der Waals surface area contributed by atoms with E-state index in [1.165, 1.54) is 11.4 Å². The van der Waals surface area contributed by atoms with Crippen molar-refractivity contribution in [2.45, 2.75) is 47.0 Å². The van der Waals surface area contributed by atoms with Gasteiger partial charge in [0.25, 0.3) is 0 Å². The van der Waals surface area contributed by atoms with Crippen LogP contribution in [0, 0.1) is 16.7 Å². The average molecular weight is 287 g/mol. The standard InChI is InChI=1S/C18H29N3/c1-5-21(6-2)17-11-9-16(10-12-17)20-14-8-7-13-18(3,4)15-19/h9-12,20H,5-8,13-14H2,1-4H3. The van der Waals surface area contributed by atoms with Gasteiger partial charge in [-0.3, -0.25) is 0 Å². The highest BCUT2D eigenvalue weighted by Gasteiger charge is 2.15. The molecule has 0 unspecified atom stereocenters. The minimum absolute atomic E-state index is 0.189. The summed E-state index contributed by atoms with van der Waals surface area (Å²) >= 11 is 0. The number of benzene rings is 1. The van der Waals surface area contributed by atoms with Gasteiger partial charge < -0.3 is 10.2 Å². The number of unbranched alkanes of at least 4 members (excludes halogenated alkanes) is 1. The molecule has 0 heterocycles. The van der Waals surface area contributed by atoms with Crippen LogP contribution in [-0.4, -0.2) is 19.6 Å². The van der Waals surface area contributed by atoms with Crippen molar-refractivity contribution in [2.75, 3.05) is 29.9 Å². The number of rotatable bonds is 9. The first-order valence-electron chi connectivity index (χ1n) is 8.02. The Labute approximate surface area is 130 Å². The van der Waals surface area contributed by atoms with Crippen LogP contribution in [0.5, 0.6) is 0 Å². The molecule has 0 aromatic heterocycles. The molecule has 1 N–H and O–H groups in total. The molecule has 3 heteroatoms. The van der Waals surface area contributed by atoms with Crippen molar-refractivity contribution in [2.24, 2.45) is 5.41 Å². The summed E-state index contributed by atoms with van der Waals surface area (Å²) in [5.74, 6) is 0. The number of anilines is 2. The summed E-state index contributed by atoms with van der Waals surface area (Å²) in [5, 5.41) is 12.4. The number of nitrogens with one attached hydrogen (secondary N) is 1. The molecule has 0 saturated heterocycles. The van der Waals surface area contributed by atoms with Crippen molar-refractivity contribution < 1.29 is 0 Å². The Hall–Kier alpha value is -1.69. The zero-order valence-corrected chi connectivity index (χ0v) is 13.9. The monoisotopic (exact) mass is 287 g/mol. The minimum Gasteiger partial charge on any atom is -0.385 e. The third kappa shape index (κ3) is 6.08. The maximum Gasteiger partial charge on any atom is 0.0683 e. The van der Waals surface area contributed by atoms with E-state index in [1.54, 1.807) is 0 Å². The van der Waals surface area contributed by atoms with E-state index in [9.17, 15) is 0 Å². The molecular weight excluding hydrogens is 258 g/mol. The average Bonchev–Trinajstić information content (AvgIpc) is 2.49. The van der Waals surface area contributed by atoms with Crippen LogP contribution >= 0.6 is 0 Å². The fraction of sp³-hybridized carbons (Fsp3) is 0.611. The Bertz CT molecular complexity index is 439. The molecule has 0 aliphatic carbocycles. The first-order valence-corrected chi connectivity index (χ1v) is 8.02. The Morgan fingerprint density at radius 1 is 1.10 bits per heavy atom. The summed E-state index contributed by atoms with van der Waals surface area (Å²) in [6.45, 7) is 11.4. The molecule has 0 radical (unpaired) electrons. The lowest BCUT2D eigenvalue weighted by Crippen LogP contribution is -2.21. The molecule has 0 aliphatic heterocycles. The predicted octanol–water partition coefficient (Wildman–Crippen LogP) is 4.66. The van der Waals surface area contributed by atoms with Gasteiger partial charge in [0.05, 0.1) is 11.5 Å². The second kappa shape index (κ2) is 8.56. The molecule has 0 saturated carbocycles. The zero-order chi connectivity index (χ0) is 15.7. The van der Waals surface area contributed by atoms with Gasteiger partial charge in [0.2, 0.25) is 0 Å². The fourth-order valence-corrected chi connectivity index (χ4v) is 2.36. The van der Waals surface area contributed by atoms with Crippen molar-refractivity contribution in [1.29, 1.82) is 5.26 Å². The van der Waals surface area contributed by atoms with Crippen molar-refractivity contribution in [3.63, 3.8) is 0 Å². The highest BCUT2D eigenvalue weighted by molar-refractivity contribution is 5.54. The van der Waals surface area contributed by atoms with Gasteiger partial charge in [-0.1, -0.05) is 6.42 Å². The van der Waals surface area contributed by atoms with Gasteiger partial charge in [0.1, 0.15) is 0 Å². The van der Waals surface area contributed by atoms with E-state index < -0.39 is 0 Å². The van der Waals surface area contributed by atoms with Crippen LogP contribution < -0.4 is 10.2 Å². The van der Waals surface area contributed by atoms with Crippen LogP contribution in [0.15, 0.2) is 24.3 Å². The molecule has 0 aliphatic rings. The van der Waals surface area contributed by atoms with Crippen molar-refractivity contribution >= 4 is 11.4 Å². The molecule has 0 atom stereocenters. The van der Waals surface area contributed by atoms with E-state index in [0.717, 1.165) is 38.9 Å². The lowest BCUT2D eigenvalue weighted by atomic mass is 9.89.